The first-order chi connectivity index (χ1) is 13.3. The molecule has 5 nitrogen and oxygen atoms in total. The van der Waals surface area contributed by atoms with Gasteiger partial charge in [0.25, 0.3) is 0 Å². The average molecular weight is 362 g/mol. The van der Waals surface area contributed by atoms with Gasteiger partial charge < -0.3 is 19.5 Å². The quantitative estimate of drug-likeness (QED) is 0.771. The Labute approximate surface area is 160 Å². The number of benzene rings is 1. The van der Waals surface area contributed by atoms with Gasteiger partial charge in [-0.2, -0.15) is 0 Å². The Morgan fingerprint density at radius 3 is 2.67 bits per heavy atom. The van der Waals surface area contributed by atoms with E-state index in [0.29, 0.717) is 6.10 Å². The van der Waals surface area contributed by atoms with E-state index in [1.807, 2.05) is 13.3 Å². The van der Waals surface area contributed by atoms with Gasteiger partial charge in [-0.15, -0.1) is 0 Å². The average Bonchev–Trinajstić information content (AvgIpc) is 3.12. The monoisotopic (exact) mass is 362 g/mol. The van der Waals surface area contributed by atoms with Crippen LogP contribution in [0.4, 0.5) is 11.5 Å². The highest BCUT2D eigenvalue weighted by molar-refractivity contribution is 5.85. The summed E-state index contributed by atoms with van der Waals surface area (Å²) < 4.78 is 5.47. The van der Waals surface area contributed by atoms with Gasteiger partial charge in [0, 0.05) is 43.3 Å². The first-order valence-corrected chi connectivity index (χ1v) is 9.89. The van der Waals surface area contributed by atoms with Gasteiger partial charge in [0.05, 0.1) is 24.5 Å². The van der Waals surface area contributed by atoms with Crippen molar-refractivity contribution in [3.8, 4) is 0 Å². The van der Waals surface area contributed by atoms with E-state index in [1.54, 1.807) is 0 Å². The lowest BCUT2D eigenvalue weighted by Gasteiger charge is -2.33. The maximum atomic E-state index is 5.47. The van der Waals surface area contributed by atoms with Gasteiger partial charge in [0.1, 0.15) is 5.82 Å². The molecule has 0 aliphatic carbocycles. The zero-order valence-electron chi connectivity index (χ0n) is 15.8. The molecule has 2 aliphatic rings. The summed E-state index contributed by atoms with van der Waals surface area (Å²) in [4.78, 5) is 13.2. The molecule has 1 N–H and O–H groups in total. The van der Waals surface area contributed by atoms with E-state index in [1.165, 1.54) is 27.8 Å². The third-order valence-corrected chi connectivity index (χ3v) is 6.08. The molecule has 1 saturated heterocycles. The second kappa shape index (κ2) is 6.89. The Morgan fingerprint density at radius 2 is 1.89 bits per heavy atom. The summed E-state index contributed by atoms with van der Waals surface area (Å²) in [5.74, 6) is 1.08. The third-order valence-electron chi connectivity index (χ3n) is 6.08. The lowest BCUT2D eigenvalue weighted by atomic mass is 10.0. The minimum atomic E-state index is 0.402. The van der Waals surface area contributed by atoms with Gasteiger partial charge in [-0.3, -0.25) is 0 Å². The number of nitrogens with one attached hydrogen (secondary N) is 1. The van der Waals surface area contributed by atoms with Gasteiger partial charge in [0.15, 0.2) is 0 Å². The number of aromatic amines is 1. The lowest BCUT2D eigenvalue weighted by molar-refractivity contribution is 0.0818. The number of pyridine rings is 1. The Kier molecular flexibility index (Phi) is 4.24. The zero-order valence-corrected chi connectivity index (χ0v) is 15.8. The van der Waals surface area contributed by atoms with Crippen molar-refractivity contribution < 1.29 is 4.74 Å². The number of piperidine rings is 1. The molecule has 1 aromatic carbocycles. The summed E-state index contributed by atoms with van der Waals surface area (Å²) in [5.41, 5.74) is 5.27. The van der Waals surface area contributed by atoms with Gasteiger partial charge >= 0.3 is 0 Å². The molecule has 2 aliphatic heterocycles. The van der Waals surface area contributed by atoms with Gasteiger partial charge in [0.2, 0.25) is 0 Å². The Hall–Kier alpha value is -2.53. The molecule has 5 rings (SSSR count). The summed E-state index contributed by atoms with van der Waals surface area (Å²) in [5, 5.41) is 1.38. The molecule has 0 bridgehead atoms. The second-order valence-electron chi connectivity index (χ2n) is 7.60. The van der Waals surface area contributed by atoms with Gasteiger partial charge in [-0.1, -0.05) is 18.2 Å². The normalized spacial score (nSPS) is 18.1. The smallest absolute Gasteiger partial charge is 0.128 e. The highest BCUT2D eigenvalue weighted by atomic mass is 16.5. The van der Waals surface area contributed by atoms with Crippen molar-refractivity contribution in [2.45, 2.75) is 31.9 Å². The topological polar surface area (TPSA) is 44.4 Å². The van der Waals surface area contributed by atoms with E-state index in [4.69, 9.17) is 9.72 Å². The number of H-pyrrole nitrogens is 1. The number of anilines is 2. The summed E-state index contributed by atoms with van der Waals surface area (Å²) in [6.07, 6.45) is 5.67. The number of para-hydroxylation sites is 1. The third kappa shape index (κ3) is 3.06. The van der Waals surface area contributed by atoms with Crippen LogP contribution in [0.1, 0.15) is 24.1 Å². The Balaban J connectivity index is 1.31. The molecule has 0 unspecified atom stereocenters. The van der Waals surface area contributed by atoms with Crippen LogP contribution in [0.5, 0.6) is 0 Å². The molecule has 5 heteroatoms. The van der Waals surface area contributed by atoms with Crippen LogP contribution in [0.3, 0.4) is 0 Å². The van der Waals surface area contributed by atoms with E-state index >= 15 is 0 Å². The first-order valence-electron chi connectivity index (χ1n) is 9.89. The molecule has 0 spiro atoms. The van der Waals surface area contributed by atoms with Crippen molar-refractivity contribution in [1.82, 2.24) is 9.97 Å². The predicted molar refractivity (Wildman–Crippen MR) is 110 cm³/mol. The fraction of sp³-hybridized carbons (Fsp3) is 0.409. The van der Waals surface area contributed by atoms with Crippen molar-refractivity contribution in [3.63, 3.8) is 0 Å². The number of rotatable bonds is 3. The zero-order chi connectivity index (χ0) is 18.2. The minimum Gasteiger partial charge on any atom is -0.381 e. The number of hydrogen-bond donors (Lipinski definition) is 1. The van der Waals surface area contributed by atoms with E-state index < -0.39 is 0 Å². The summed E-state index contributed by atoms with van der Waals surface area (Å²) >= 11 is 0. The predicted octanol–water partition coefficient (Wildman–Crippen LogP) is 3.74. The van der Waals surface area contributed by atoms with Crippen LogP contribution < -0.4 is 9.80 Å². The van der Waals surface area contributed by atoms with Crippen LogP contribution in [0.2, 0.25) is 0 Å². The summed E-state index contributed by atoms with van der Waals surface area (Å²) in [7, 11) is 1.81. The Bertz CT molecular complexity index is 925. The van der Waals surface area contributed by atoms with Crippen LogP contribution in [0, 0.1) is 0 Å². The van der Waals surface area contributed by atoms with Crippen molar-refractivity contribution in [3.05, 3.63) is 53.9 Å². The Morgan fingerprint density at radius 1 is 1.04 bits per heavy atom. The number of hydrogen-bond acceptors (Lipinski definition) is 4. The highest BCUT2D eigenvalue weighted by Gasteiger charge is 2.22. The highest BCUT2D eigenvalue weighted by Crippen LogP contribution is 2.30. The minimum absolute atomic E-state index is 0.402. The molecular formula is C22H26N4O. The van der Waals surface area contributed by atoms with Crippen molar-refractivity contribution in [2.24, 2.45) is 0 Å². The second-order valence-corrected chi connectivity index (χ2v) is 7.60. The maximum Gasteiger partial charge on any atom is 0.128 e. The van der Waals surface area contributed by atoms with Gasteiger partial charge in [-0.25, -0.2) is 4.98 Å². The molecule has 0 radical (unpaired) electrons. The molecule has 2 aromatic heterocycles. The van der Waals surface area contributed by atoms with E-state index in [9.17, 15) is 0 Å². The van der Waals surface area contributed by atoms with Crippen LogP contribution in [-0.2, 0) is 17.7 Å². The largest absolute Gasteiger partial charge is 0.381 e. The lowest BCUT2D eigenvalue weighted by Crippen LogP contribution is -2.37. The molecular weight excluding hydrogens is 336 g/mol. The standard InChI is InChI=1S/C22H26N4O/c1-27-17-8-11-25(12-9-17)22-7-6-16(14-23-22)26-13-10-19-18-4-2-3-5-20(18)24-21(19)15-26/h2-7,14,17,24H,8-13,15H2,1H3. The number of ether oxygens (including phenoxy) is 1. The van der Waals surface area contributed by atoms with Crippen LogP contribution in [0.25, 0.3) is 10.9 Å². The molecule has 140 valence electrons. The molecule has 27 heavy (non-hydrogen) atoms. The molecule has 3 aromatic rings. The van der Waals surface area contributed by atoms with Crippen molar-refractivity contribution >= 4 is 22.4 Å². The van der Waals surface area contributed by atoms with Crippen LogP contribution >= 0.6 is 0 Å². The molecule has 4 heterocycles. The van der Waals surface area contributed by atoms with E-state index in [0.717, 1.165) is 51.3 Å². The molecule has 0 amide bonds. The SMILES string of the molecule is COC1CCN(c2ccc(N3CCc4c([nH]c5ccccc45)C3)cn2)CC1. The number of aromatic nitrogens is 2. The summed E-state index contributed by atoms with van der Waals surface area (Å²) in [6.45, 7) is 4.00. The summed E-state index contributed by atoms with van der Waals surface area (Å²) in [6, 6.07) is 13.0. The van der Waals surface area contributed by atoms with E-state index in [-0.39, 0.29) is 0 Å². The fourth-order valence-electron chi connectivity index (χ4n) is 4.49. The van der Waals surface area contributed by atoms with Crippen molar-refractivity contribution in [1.29, 1.82) is 0 Å². The molecule has 0 atom stereocenters. The van der Waals surface area contributed by atoms with Crippen molar-refractivity contribution in [2.75, 3.05) is 36.5 Å². The number of fused-ring (bicyclic) bond motifs is 3. The maximum absolute atomic E-state index is 5.47. The van der Waals surface area contributed by atoms with Gasteiger partial charge in [-0.05, 0) is 43.0 Å². The fourth-order valence-corrected chi connectivity index (χ4v) is 4.49. The van der Waals surface area contributed by atoms with Crippen LogP contribution in [-0.4, -0.2) is 42.8 Å². The number of methoxy groups -OCH3 is 1. The molecule has 0 saturated carbocycles. The van der Waals surface area contributed by atoms with E-state index in [2.05, 4.69) is 51.2 Å². The number of nitrogens with zero attached hydrogens (tertiary/aromatic N) is 3. The van der Waals surface area contributed by atoms with Crippen LogP contribution in [0.15, 0.2) is 42.6 Å². The first kappa shape index (κ1) is 16.6. The molecule has 1 fully saturated rings.